The van der Waals surface area contributed by atoms with Crippen LogP contribution in [0.25, 0.3) is 0 Å². The minimum atomic E-state index is -1.94. The highest BCUT2D eigenvalue weighted by molar-refractivity contribution is 6.37. The van der Waals surface area contributed by atoms with Crippen molar-refractivity contribution in [3.8, 4) is 5.75 Å². The second-order valence-corrected chi connectivity index (χ2v) is 5.53. The molecule has 4 atom stereocenters. The first-order chi connectivity index (χ1) is 11.2. The van der Waals surface area contributed by atoms with E-state index < -0.39 is 37.0 Å². The van der Waals surface area contributed by atoms with Gasteiger partial charge in [-0.15, -0.1) is 0 Å². The smallest absolute Gasteiger partial charge is 0.343 e. The number of halogens is 2. The van der Waals surface area contributed by atoms with Gasteiger partial charge >= 0.3 is 5.97 Å². The number of hydrogen-bond acceptors (Lipinski definition) is 8. The summed E-state index contributed by atoms with van der Waals surface area (Å²) in [7, 11) is 1.27. The summed E-state index contributed by atoms with van der Waals surface area (Å²) in [6.45, 7) is -0.741. The quantitative estimate of drug-likeness (QED) is 0.358. The van der Waals surface area contributed by atoms with E-state index in [1.807, 2.05) is 0 Å². The fourth-order valence-electron chi connectivity index (χ4n) is 1.76. The third-order valence-corrected chi connectivity index (χ3v) is 3.70. The van der Waals surface area contributed by atoms with Gasteiger partial charge in [0.2, 0.25) is 0 Å². The zero-order valence-electron chi connectivity index (χ0n) is 12.4. The van der Waals surface area contributed by atoms with Crippen LogP contribution in [-0.2, 0) is 9.53 Å². The topological polar surface area (TPSA) is 134 Å². The molecule has 0 aliphatic carbocycles. The summed E-state index contributed by atoms with van der Waals surface area (Å²) in [5.74, 6) is -1.02. The van der Waals surface area contributed by atoms with Crippen LogP contribution in [0.1, 0.15) is 10.4 Å². The van der Waals surface area contributed by atoms with Gasteiger partial charge in [0, 0.05) is 0 Å². The number of benzene rings is 1. The van der Waals surface area contributed by atoms with Gasteiger partial charge in [-0.1, -0.05) is 23.2 Å². The first kappa shape index (κ1) is 20.6. The molecule has 10 heteroatoms. The number of carbonyl (C=O) groups is 2. The second kappa shape index (κ2) is 9.16. The van der Waals surface area contributed by atoms with Crippen LogP contribution in [0.2, 0.25) is 10.0 Å². The Labute approximate surface area is 147 Å². The molecule has 0 amide bonds. The lowest BCUT2D eigenvalue weighted by atomic mass is 10.0. The third-order valence-electron chi connectivity index (χ3n) is 3.09. The van der Waals surface area contributed by atoms with E-state index in [1.165, 1.54) is 19.2 Å². The van der Waals surface area contributed by atoms with Gasteiger partial charge in [0.25, 0.3) is 0 Å². The summed E-state index contributed by atoms with van der Waals surface area (Å²) >= 11 is 11.8. The number of rotatable bonds is 8. The minimum Gasteiger partial charge on any atom is -0.494 e. The van der Waals surface area contributed by atoms with Crippen molar-refractivity contribution in [1.29, 1.82) is 0 Å². The Morgan fingerprint density at radius 3 is 2.29 bits per heavy atom. The average molecular weight is 383 g/mol. The van der Waals surface area contributed by atoms with Crippen LogP contribution in [-0.4, -0.2) is 70.8 Å². The summed E-state index contributed by atoms with van der Waals surface area (Å²) in [6, 6.07) is 2.76. The van der Waals surface area contributed by atoms with Crippen molar-refractivity contribution in [3.63, 3.8) is 0 Å². The maximum absolute atomic E-state index is 12.1. The Morgan fingerprint density at radius 1 is 1.17 bits per heavy atom. The number of esters is 1. The molecule has 24 heavy (non-hydrogen) atoms. The predicted octanol–water partition coefficient (Wildman–Crippen LogP) is -0.199. The molecule has 134 valence electrons. The molecule has 0 aliphatic heterocycles. The molecule has 0 heterocycles. The molecule has 4 N–H and O–H groups in total. The zero-order valence-corrected chi connectivity index (χ0v) is 13.9. The number of aliphatic hydroxyl groups excluding tert-OH is 4. The summed E-state index contributed by atoms with van der Waals surface area (Å²) in [5, 5.41) is 37.9. The Bertz CT molecular complexity index is 594. The molecule has 0 spiro atoms. The van der Waals surface area contributed by atoms with E-state index in [0.717, 1.165) is 0 Å². The Balaban J connectivity index is 2.80. The van der Waals surface area contributed by atoms with Gasteiger partial charge in [-0.2, -0.15) is 0 Å². The van der Waals surface area contributed by atoms with E-state index in [0.29, 0.717) is 0 Å². The molecule has 0 bridgehead atoms. The molecule has 8 nitrogen and oxygen atoms in total. The van der Waals surface area contributed by atoms with E-state index in [-0.39, 0.29) is 27.6 Å². The Hall–Kier alpha value is -1.42. The monoisotopic (exact) mass is 382 g/mol. The number of hydrogen-bond donors (Lipinski definition) is 4. The maximum atomic E-state index is 12.1. The molecule has 0 saturated heterocycles. The van der Waals surface area contributed by atoms with Crippen molar-refractivity contribution in [3.05, 3.63) is 27.7 Å². The highest BCUT2D eigenvalue weighted by Crippen LogP contribution is 2.34. The highest BCUT2D eigenvalue weighted by atomic mass is 35.5. The number of carbonyl (C=O) groups excluding carboxylic acids is 2. The first-order valence-corrected chi connectivity index (χ1v) is 7.36. The standard InChI is InChI=1S/C14H16Cl2O8/c1-23-13-7(16)3-2-6(15)10(13)14(22)24-5-9(19)12(21)11(20)8(18)4-17/h2-4,8-9,11-12,18-21H,5H2,1H3/t8-,9+,11+,12-/m0/s1. The van der Waals surface area contributed by atoms with Crippen LogP contribution < -0.4 is 4.74 Å². The summed E-state index contributed by atoms with van der Waals surface area (Å²) in [5.41, 5.74) is -0.179. The van der Waals surface area contributed by atoms with Crippen LogP contribution >= 0.6 is 23.2 Å². The largest absolute Gasteiger partial charge is 0.494 e. The lowest BCUT2D eigenvalue weighted by Crippen LogP contribution is -2.46. The lowest BCUT2D eigenvalue weighted by molar-refractivity contribution is -0.136. The molecule has 0 aromatic heterocycles. The lowest BCUT2D eigenvalue weighted by Gasteiger charge is -2.24. The van der Waals surface area contributed by atoms with Gasteiger partial charge in [0.1, 0.15) is 36.6 Å². The van der Waals surface area contributed by atoms with Crippen LogP contribution in [0.15, 0.2) is 12.1 Å². The summed E-state index contributed by atoms with van der Waals surface area (Å²) < 4.78 is 9.78. The minimum absolute atomic E-state index is 0.00676. The molecule has 0 saturated carbocycles. The molecule has 0 unspecified atom stereocenters. The molecule has 0 fully saturated rings. The predicted molar refractivity (Wildman–Crippen MR) is 83.4 cm³/mol. The number of methoxy groups -OCH3 is 1. The summed E-state index contributed by atoms with van der Waals surface area (Å²) in [4.78, 5) is 22.4. The molecular formula is C14H16Cl2O8. The van der Waals surface area contributed by atoms with Crippen molar-refractivity contribution in [1.82, 2.24) is 0 Å². The Kier molecular flexibility index (Phi) is 7.88. The van der Waals surface area contributed by atoms with Crippen LogP contribution in [0, 0.1) is 0 Å². The van der Waals surface area contributed by atoms with Crippen molar-refractivity contribution in [2.24, 2.45) is 0 Å². The Morgan fingerprint density at radius 2 is 1.75 bits per heavy atom. The van der Waals surface area contributed by atoms with E-state index in [9.17, 15) is 24.9 Å². The average Bonchev–Trinajstić information content (AvgIpc) is 2.58. The number of ether oxygens (including phenoxy) is 2. The van der Waals surface area contributed by atoms with Crippen molar-refractivity contribution in [2.75, 3.05) is 13.7 Å². The van der Waals surface area contributed by atoms with Gasteiger partial charge in [0.05, 0.1) is 17.2 Å². The SMILES string of the molecule is COc1c(Cl)ccc(Cl)c1C(=O)OC[C@@H](O)[C@H](O)[C@H](O)[C@@H](O)C=O. The fraction of sp³-hybridized carbons (Fsp3) is 0.429. The van der Waals surface area contributed by atoms with Crippen molar-refractivity contribution < 1.29 is 39.5 Å². The second-order valence-electron chi connectivity index (χ2n) is 4.71. The normalized spacial score (nSPS) is 16.0. The first-order valence-electron chi connectivity index (χ1n) is 6.61. The maximum Gasteiger partial charge on any atom is 0.343 e. The molecule has 1 aromatic carbocycles. The van der Waals surface area contributed by atoms with Crippen LogP contribution in [0.3, 0.4) is 0 Å². The van der Waals surface area contributed by atoms with E-state index in [1.54, 1.807) is 0 Å². The number of aliphatic hydroxyl groups is 4. The highest BCUT2D eigenvalue weighted by Gasteiger charge is 2.31. The molecule has 1 aromatic rings. The van der Waals surface area contributed by atoms with Gasteiger partial charge in [0.15, 0.2) is 12.0 Å². The van der Waals surface area contributed by atoms with Gasteiger partial charge in [-0.05, 0) is 12.1 Å². The third kappa shape index (κ3) is 4.79. The zero-order chi connectivity index (χ0) is 18.4. The van der Waals surface area contributed by atoms with Gasteiger partial charge in [-0.3, -0.25) is 0 Å². The van der Waals surface area contributed by atoms with Crippen LogP contribution in [0.5, 0.6) is 5.75 Å². The van der Waals surface area contributed by atoms with E-state index in [4.69, 9.17) is 37.8 Å². The van der Waals surface area contributed by atoms with E-state index >= 15 is 0 Å². The van der Waals surface area contributed by atoms with Gasteiger partial charge < -0.3 is 34.7 Å². The molecule has 1 rings (SSSR count). The van der Waals surface area contributed by atoms with Crippen molar-refractivity contribution in [2.45, 2.75) is 24.4 Å². The van der Waals surface area contributed by atoms with Gasteiger partial charge in [-0.25, -0.2) is 4.79 Å². The van der Waals surface area contributed by atoms with Crippen LogP contribution in [0.4, 0.5) is 0 Å². The molecule has 0 radical (unpaired) electrons. The summed E-state index contributed by atoms with van der Waals surface area (Å²) in [6.07, 6.45) is -7.53. The number of aldehydes is 1. The fourth-order valence-corrected chi connectivity index (χ4v) is 2.23. The van der Waals surface area contributed by atoms with E-state index in [2.05, 4.69) is 0 Å². The molecular weight excluding hydrogens is 367 g/mol. The molecule has 0 aliphatic rings. The van der Waals surface area contributed by atoms with Crippen molar-refractivity contribution >= 4 is 35.5 Å².